The summed E-state index contributed by atoms with van der Waals surface area (Å²) in [6.07, 6.45) is 0.660. The number of amides is 1. The lowest BCUT2D eigenvalue weighted by Gasteiger charge is -2.35. The molecule has 82 valence electrons. The van der Waals surface area contributed by atoms with Crippen LogP contribution in [0.3, 0.4) is 0 Å². The monoisotopic (exact) mass is 225 g/mol. The number of β-amino-alcohol motifs (C(OH)–C–C–N with tert-alkyl or cyclic N) is 1. The van der Waals surface area contributed by atoms with Crippen LogP contribution in [0.1, 0.15) is 27.0 Å². The number of nitrogens with zero attached hydrogens (tertiary/aromatic N) is 1. The largest absolute Gasteiger partial charge is 0.389 e. The number of aliphatic hydroxyl groups excluding tert-OH is 1. The van der Waals surface area contributed by atoms with Crippen LogP contribution in [-0.4, -0.2) is 35.1 Å². The molecule has 1 aliphatic rings. The minimum atomic E-state index is -0.319. The normalized spacial score (nSPS) is 16.6. The number of aryl methyl sites for hydroxylation is 2. The summed E-state index contributed by atoms with van der Waals surface area (Å²) in [6, 6.07) is 1.95. The molecule has 0 radical (unpaired) electrons. The molecular formula is C11H15NO2S. The molecule has 15 heavy (non-hydrogen) atoms. The maximum absolute atomic E-state index is 11.9. The molecule has 4 heteroatoms. The predicted octanol–water partition coefficient (Wildman–Crippen LogP) is 1.44. The quantitative estimate of drug-likeness (QED) is 0.827. The van der Waals surface area contributed by atoms with Crippen molar-refractivity contribution in [2.24, 2.45) is 0 Å². The Bertz CT molecular complexity index is 380. The molecule has 1 saturated heterocycles. The molecule has 1 N–H and O–H groups in total. The number of carbonyl (C=O) groups excluding carboxylic acids is 1. The molecule has 0 atom stereocenters. The van der Waals surface area contributed by atoms with E-state index in [2.05, 4.69) is 6.92 Å². The van der Waals surface area contributed by atoms with E-state index >= 15 is 0 Å². The molecule has 1 fully saturated rings. The Morgan fingerprint density at radius 1 is 1.67 bits per heavy atom. The molecule has 0 aliphatic carbocycles. The van der Waals surface area contributed by atoms with E-state index in [1.165, 1.54) is 10.4 Å². The van der Waals surface area contributed by atoms with Gasteiger partial charge in [0.15, 0.2) is 0 Å². The van der Waals surface area contributed by atoms with Crippen LogP contribution in [0.5, 0.6) is 0 Å². The third-order valence-electron chi connectivity index (χ3n) is 2.70. The van der Waals surface area contributed by atoms with E-state index in [9.17, 15) is 4.79 Å². The van der Waals surface area contributed by atoms with Gasteiger partial charge < -0.3 is 10.0 Å². The molecule has 2 rings (SSSR count). The van der Waals surface area contributed by atoms with Gasteiger partial charge in [-0.15, -0.1) is 11.3 Å². The Balaban J connectivity index is 2.12. The van der Waals surface area contributed by atoms with Gasteiger partial charge in [0, 0.05) is 18.0 Å². The van der Waals surface area contributed by atoms with E-state index < -0.39 is 0 Å². The second kappa shape index (κ2) is 3.94. The third-order valence-corrected chi connectivity index (χ3v) is 4.07. The van der Waals surface area contributed by atoms with Crippen LogP contribution in [-0.2, 0) is 6.42 Å². The Morgan fingerprint density at radius 3 is 2.80 bits per heavy atom. The minimum absolute atomic E-state index is 0.0631. The Morgan fingerprint density at radius 2 is 2.33 bits per heavy atom. The molecule has 1 aromatic rings. The standard InChI is InChI=1S/C11H15NO2S/c1-3-9-7(2)4-10(15-9)11(14)12-5-8(13)6-12/h4,8,13H,3,5-6H2,1-2H3. The molecule has 0 unspecified atom stereocenters. The molecule has 3 nitrogen and oxygen atoms in total. The van der Waals surface area contributed by atoms with Crippen molar-refractivity contribution in [2.45, 2.75) is 26.4 Å². The smallest absolute Gasteiger partial charge is 0.264 e. The van der Waals surface area contributed by atoms with Gasteiger partial charge in [0.1, 0.15) is 0 Å². The van der Waals surface area contributed by atoms with Crippen LogP contribution in [0.25, 0.3) is 0 Å². The Labute approximate surface area is 93.3 Å². The molecule has 0 bridgehead atoms. The van der Waals surface area contributed by atoms with Gasteiger partial charge >= 0.3 is 0 Å². The van der Waals surface area contributed by atoms with E-state index in [1.54, 1.807) is 16.2 Å². The molecule has 0 aromatic carbocycles. The van der Waals surface area contributed by atoms with Crippen molar-refractivity contribution in [1.82, 2.24) is 4.90 Å². The summed E-state index contributed by atoms with van der Waals surface area (Å²) < 4.78 is 0. The van der Waals surface area contributed by atoms with Gasteiger partial charge in [-0.05, 0) is 25.0 Å². The van der Waals surface area contributed by atoms with Gasteiger partial charge in [0.2, 0.25) is 0 Å². The first-order chi connectivity index (χ1) is 7.11. The highest BCUT2D eigenvalue weighted by Gasteiger charge is 2.30. The average molecular weight is 225 g/mol. The molecule has 0 spiro atoms. The van der Waals surface area contributed by atoms with Gasteiger partial charge in [0.05, 0.1) is 11.0 Å². The maximum atomic E-state index is 11.9. The number of thiophene rings is 1. The summed E-state index contributed by atoms with van der Waals surface area (Å²) >= 11 is 1.57. The first-order valence-corrected chi connectivity index (χ1v) is 6.00. The Hall–Kier alpha value is -0.870. The van der Waals surface area contributed by atoms with E-state index in [-0.39, 0.29) is 12.0 Å². The van der Waals surface area contributed by atoms with Crippen molar-refractivity contribution in [3.05, 3.63) is 21.4 Å². The van der Waals surface area contributed by atoms with E-state index in [4.69, 9.17) is 5.11 Å². The molecular weight excluding hydrogens is 210 g/mol. The first kappa shape index (κ1) is 10.6. The van der Waals surface area contributed by atoms with Gasteiger partial charge in [-0.2, -0.15) is 0 Å². The molecule has 0 saturated carbocycles. The molecule has 1 amide bonds. The van der Waals surface area contributed by atoms with Gasteiger partial charge in [-0.3, -0.25) is 4.79 Å². The first-order valence-electron chi connectivity index (χ1n) is 5.18. The predicted molar refractivity (Wildman–Crippen MR) is 60.3 cm³/mol. The highest BCUT2D eigenvalue weighted by atomic mass is 32.1. The molecule has 1 aliphatic heterocycles. The SMILES string of the molecule is CCc1sc(C(=O)N2CC(O)C2)cc1C. The number of likely N-dealkylation sites (tertiary alicyclic amines) is 1. The molecule has 2 heterocycles. The number of carbonyl (C=O) groups is 1. The summed E-state index contributed by atoms with van der Waals surface area (Å²) in [5, 5.41) is 9.13. The van der Waals surface area contributed by atoms with Crippen LogP contribution in [0.4, 0.5) is 0 Å². The van der Waals surface area contributed by atoms with Crippen LogP contribution in [0.15, 0.2) is 6.07 Å². The fraction of sp³-hybridized carbons (Fsp3) is 0.545. The average Bonchev–Trinajstić information content (AvgIpc) is 2.54. The topological polar surface area (TPSA) is 40.5 Å². The maximum Gasteiger partial charge on any atom is 0.264 e. The number of hydrogen-bond donors (Lipinski definition) is 1. The third kappa shape index (κ3) is 1.92. The highest BCUT2D eigenvalue weighted by Crippen LogP contribution is 2.25. The van der Waals surface area contributed by atoms with Crippen molar-refractivity contribution >= 4 is 17.2 Å². The second-order valence-electron chi connectivity index (χ2n) is 3.93. The van der Waals surface area contributed by atoms with Crippen LogP contribution in [0, 0.1) is 6.92 Å². The molecule has 1 aromatic heterocycles. The van der Waals surface area contributed by atoms with Crippen molar-refractivity contribution < 1.29 is 9.90 Å². The lowest BCUT2D eigenvalue weighted by molar-refractivity contribution is 0.00622. The van der Waals surface area contributed by atoms with E-state index in [0.717, 1.165) is 11.3 Å². The highest BCUT2D eigenvalue weighted by molar-refractivity contribution is 7.14. The summed E-state index contributed by atoms with van der Waals surface area (Å²) in [7, 11) is 0. The van der Waals surface area contributed by atoms with E-state index in [1.807, 2.05) is 13.0 Å². The summed E-state index contributed by atoms with van der Waals surface area (Å²) in [4.78, 5) is 15.6. The summed E-state index contributed by atoms with van der Waals surface area (Å²) in [5.74, 6) is 0.0631. The van der Waals surface area contributed by atoms with Crippen LogP contribution in [0.2, 0.25) is 0 Å². The summed E-state index contributed by atoms with van der Waals surface area (Å²) in [5.41, 5.74) is 1.20. The van der Waals surface area contributed by atoms with Crippen LogP contribution < -0.4 is 0 Å². The van der Waals surface area contributed by atoms with Gasteiger partial charge in [-0.1, -0.05) is 6.92 Å². The van der Waals surface area contributed by atoms with Gasteiger partial charge in [-0.25, -0.2) is 0 Å². The number of hydrogen-bond acceptors (Lipinski definition) is 3. The number of rotatable bonds is 2. The summed E-state index contributed by atoms with van der Waals surface area (Å²) in [6.45, 7) is 5.10. The minimum Gasteiger partial charge on any atom is -0.389 e. The van der Waals surface area contributed by atoms with E-state index in [0.29, 0.717) is 13.1 Å². The van der Waals surface area contributed by atoms with Crippen molar-refractivity contribution in [1.29, 1.82) is 0 Å². The zero-order valence-corrected chi connectivity index (χ0v) is 9.80. The lowest BCUT2D eigenvalue weighted by Crippen LogP contribution is -2.53. The van der Waals surface area contributed by atoms with Crippen molar-refractivity contribution in [2.75, 3.05) is 13.1 Å². The zero-order valence-electron chi connectivity index (χ0n) is 8.99. The van der Waals surface area contributed by atoms with Crippen molar-refractivity contribution in [3.63, 3.8) is 0 Å². The van der Waals surface area contributed by atoms with Crippen molar-refractivity contribution in [3.8, 4) is 0 Å². The second-order valence-corrected chi connectivity index (χ2v) is 5.07. The Kier molecular flexibility index (Phi) is 2.80. The lowest BCUT2D eigenvalue weighted by atomic mass is 10.1. The number of aliphatic hydroxyl groups is 1. The zero-order chi connectivity index (χ0) is 11.0. The van der Waals surface area contributed by atoms with Gasteiger partial charge in [0.25, 0.3) is 5.91 Å². The fourth-order valence-electron chi connectivity index (χ4n) is 1.75. The van der Waals surface area contributed by atoms with Crippen LogP contribution >= 0.6 is 11.3 Å². The fourth-order valence-corrected chi connectivity index (χ4v) is 2.84.